The molecule has 80 valence electrons. The quantitative estimate of drug-likeness (QED) is 0.523. The van der Waals surface area contributed by atoms with Crippen LogP contribution in [-0.2, 0) is 0 Å². The lowest BCUT2D eigenvalue weighted by Crippen LogP contribution is -2.38. The largest absolute Gasteiger partial charge is 0.242 e. The molecule has 0 aromatic heterocycles. The third-order valence-corrected chi connectivity index (χ3v) is 4.55. The molecule has 0 heterocycles. The van der Waals surface area contributed by atoms with Crippen molar-refractivity contribution in [3.8, 4) is 0 Å². The highest BCUT2D eigenvalue weighted by molar-refractivity contribution is 14.1. The minimum absolute atomic E-state index is 0.351. The van der Waals surface area contributed by atoms with Gasteiger partial charge in [-0.25, -0.2) is 3.11 Å². The number of hydrogen-bond acceptors (Lipinski definition) is 1. The van der Waals surface area contributed by atoms with Crippen LogP contribution in [0, 0.1) is 5.92 Å². The first-order valence-corrected chi connectivity index (χ1v) is 6.34. The Morgan fingerprint density at radius 3 is 2.23 bits per heavy atom. The van der Waals surface area contributed by atoms with E-state index in [1.54, 1.807) is 0 Å². The Bertz CT molecular complexity index is 134. The molecule has 0 aliphatic rings. The van der Waals surface area contributed by atoms with Crippen LogP contribution in [0.5, 0.6) is 0 Å². The molecule has 0 fully saturated rings. The van der Waals surface area contributed by atoms with Crippen LogP contribution < -0.4 is 0 Å². The fourth-order valence-electron chi connectivity index (χ4n) is 1.97. The van der Waals surface area contributed by atoms with Gasteiger partial charge >= 0.3 is 0 Å². The Morgan fingerprint density at radius 2 is 1.85 bits per heavy atom. The van der Waals surface area contributed by atoms with Gasteiger partial charge in [-0.15, -0.1) is 0 Å². The van der Waals surface area contributed by atoms with Gasteiger partial charge < -0.3 is 0 Å². The van der Waals surface area contributed by atoms with Gasteiger partial charge in [-0.2, -0.15) is 0 Å². The summed E-state index contributed by atoms with van der Waals surface area (Å²) in [6.07, 6.45) is 3.97. The van der Waals surface area contributed by atoms with Crippen LogP contribution in [0.15, 0.2) is 0 Å². The Hall–Kier alpha value is 0.690. The van der Waals surface area contributed by atoms with Crippen molar-refractivity contribution in [1.29, 1.82) is 0 Å². The number of rotatable bonds is 6. The van der Waals surface area contributed by atoms with E-state index in [0.717, 1.165) is 12.5 Å². The van der Waals surface area contributed by atoms with Crippen molar-refractivity contribution < 1.29 is 0 Å². The summed E-state index contributed by atoms with van der Waals surface area (Å²) in [5.41, 5.74) is 0.351. The van der Waals surface area contributed by atoms with Crippen LogP contribution in [0.25, 0.3) is 0 Å². The van der Waals surface area contributed by atoms with Crippen LogP contribution >= 0.6 is 22.9 Å². The van der Waals surface area contributed by atoms with Gasteiger partial charge in [-0.05, 0) is 26.2 Å². The number of hydrogen-bond donors (Lipinski definition) is 0. The zero-order chi connectivity index (χ0) is 10.5. The molecule has 0 aromatic carbocycles. The van der Waals surface area contributed by atoms with E-state index in [1.807, 2.05) is 0 Å². The second kappa shape index (κ2) is 6.23. The summed E-state index contributed by atoms with van der Waals surface area (Å²) in [6.45, 7) is 12.7. The van der Waals surface area contributed by atoms with E-state index in [-0.39, 0.29) is 0 Å². The first-order valence-electron chi connectivity index (χ1n) is 5.37. The summed E-state index contributed by atoms with van der Waals surface area (Å²) in [7, 11) is 0. The zero-order valence-corrected chi connectivity index (χ0v) is 11.9. The van der Waals surface area contributed by atoms with Crippen LogP contribution in [0.3, 0.4) is 0 Å². The normalized spacial score (nSPS) is 15.0. The highest BCUT2D eigenvalue weighted by atomic mass is 127. The number of nitrogens with zero attached hydrogens (tertiary/aromatic N) is 1. The first kappa shape index (κ1) is 13.7. The van der Waals surface area contributed by atoms with Gasteiger partial charge in [0.05, 0.1) is 0 Å². The van der Waals surface area contributed by atoms with Crippen molar-refractivity contribution >= 4 is 22.9 Å². The first-order chi connectivity index (χ1) is 5.94. The molecule has 0 amide bonds. The third kappa shape index (κ3) is 5.21. The predicted octanol–water partition coefficient (Wildman–Crippen LogP) is 4.26. The van der Waals surface area contributed by atoms with Crippen molar-refractivity contribution in [2.45, 2.75) is 59.4 Å². The molecule has 0 rings (SSSR count). The van der Waals surface area contributed by atoms with Crippen molar-refractivity contribution in [2.75, 3.05) is 6.54 Å². The van der Waals surface area contributed by atoms with Crippen molar-refractivity contribution in [3.63, 3.8) is 0 Å². The maximum Gasteiger partial charge on any atom is 0.0251 e. The second-order valence-electron chi connectivity index (χ2n) is 4.59. The Balaban J connectivity index is 3.99. The number of halogens is 1. The molecule has 1 atom stereocenters. The van der Waals surface area contributed by atoms with E-state index in [9.17, 15) is 0 Å². The fourth-order valence-corrected chi connectivity index (χ4v) is 2.17. The van der Waals surface area contributed by atoms with Gasteiger partial charge in [-0.3, -0.25) is 0 Å². The maximum atomic E-state index is 2.44. The Kier molecular flexibility index (Phi) is 6.56. The zero-order valence-electron chi connectivity index (χ0n) is 9.73. The van der Waals surface area contributed by atoms with Crippen molar-refractivity contribution in [3.05, 3.63) is 0 Å². The average molecular weight is 297 g/mol. The van der Waals surface area contributed by atoms with Gasteiger partial charge in [0.1, 0.15) is 0 Å². The lowest BCUT2D eigenvalue weighted by atomic mass is 9.89. The predicted molar refractivity (Wildman–Crippen MR) is 69.2 cm³/mol. The van der Waals surface area contributed by atoms with Crippen LogP contribution in [0.4, 0.5) is 0 Å². The summed E-state index contributed by atoms with van der Waals surface area (Å²) in [5.74, 6) is 0.851. The van der Waals surface area contributed by atoms with Crippen molar-refractivity contribution in [1.82, 2.24) is 3.11 Å². The molecular formula is C11H24IN. The van der Waals surface area contributed by atoms with Gasteiger partial charge in [0.25, 0.3) is 0 Å². The molecule has 0 N–H and O–H groups in total. The minimum Gasteiger partial charge on any atom is -0.242 e. The average Bonchev–Trinajstić information content (AvgIpc) is 2.02. The lowest BCUT2D eigenvalue weighted by Gasteiger charge is -2.35. The van der Waals surface area contributed by atoms with Gasteiger partial charge in [0, 0.05) is 34.9 Å². The van der Waals surface area contributed by atoms with Crippen molar-refractivity contribution in [2.24, 2.45) is 5.92 Å². The smallest absolute Gasteiger partial charge is 0.0251 e. The van der Waals surface area contributed by atoms with E-state index in [2.05, 4.69) is 60.6 Å². The maximum absolute atomic E-state index is 2.44. The topological polar surface area (TPSA) is 3.24 Å². The molecule has 2 heteroatoms. The lowest BCUT2D eigenvalue weighted by molar-refractivity contribution is 0.224. The summed E-state index contributed by atoms with van der Waals surface area (Å²) in [4.78, 5) is 0. The summed E-state index contributed by atoms with van der Waals surface area (Å²) >= 11 is 2.44. The van der Waals surface area contributed by atoms with E-state index in [4.69, 9.17) is 0 Å². The molecule has 0 aliphatic heterocycles. The molecule has 0 spiro atoms. The van der Waals surface area contributed by atoms with Crippen LogP contribution in [0.2, 0.25) is 0 Å². The van der Waals surface area contributed by atoms with Gasteiger partial charge in [0.15, 0.2) is 0 Å². The molecule has 1 unspecified atom stereocenters. The van der Waals surface area contributed by atoms with Crippen LogP contribution in [-0.4, -0.2) is 15.2 Å². The van der Waals surface area contributed by atoms with E-state index in [1.165, 1.54) is 19.3 Å². The SMILES string of the molecule is CCCC(C)CC(C)(C)N(I)CC. The molecule has 0 saturated heterocycles. The second-order valence-corrected chi connectivity index (χ2v) is 5.75. The van der Waals surface area contributed by atoms with E-state index in [0.29, 0.717) is 5.54 Å². The molecule has 0 radical (unpaired) electrons. The molecule has 0 bridgehead atoms. The van der Waals surface area contributed by atoms with E-state index < -0.39 is 0 Å². The minimum atomic E-state index is 0.351. The molecule has 0 saturated carbocycles. The monoisotopic (exact) mass is 297 g/mol. The molecule has 1 nitrogen and oxygen atoms in total. The Labute approximate surface area is 97.8 Å². The molecule has 0 aliphatic carbocycles. The van der Waals surface area contributed by atoms with Gasteiger partial charge in [-0.1, -0.05) is 33.6 Å². The summed E-state index contributed by atoms with van der Waals surface area (Å²) in [6, 6.07) is 0. The third-order valence-electron chi connectivity index (χ3n) is 2.56. The molecule has 13 heavy (non-hydrogen) atoms. The summed E-state index contributed by atoms with van der Waals surface area (Å²) < 4.78 is 2.41. The summed E-state index contributed by atoms with van der Waals surface area (Å²) in [5, 5.41) is 0. The Morgan fingerprint density at radius 1 is 1.31 bits per heavy atom. The molecule has 0 aromatic rings. The van der Waals surface area contributed by atoms with E-state index >= 15 is 0 Å². The fraction of sp³-hybridized carbons (Fsp3) is 1.00. The molecular weight excluding hydrogens is 273 g/mol. The highest BCUT2D eigenvalue weighted by Gasteiger charge is 2.25. The standard InChI is InChI=1S/C11H24IN/c1-6-8-10(3)9-11(4,5)13(12)7-2/h10H,6-9H2,1-5H3. The highest BCUT2D eigenvalue weighted by Crippen LogP contribution is 2.28. The van der Waals surface area contributed by atoms with Gasteiger partial charge in [0.2, 0.25) is 0 Å². The van der Waals surface area contributed by atoms with Crippen LogP contribution in [0.1, 0.15) is 53.9 Å².